The van der Waals surface area contributed by atoms with Gasteiger partial charge in [-0.25, -0.2) is 4.79 Å². The molecule has 2 rings (SSSR count). The van der Waals surface area contributed by atoms with Crippen LogP contribution in [0.1, 0.15) is 5.56 Å². The fraction of sp³-hybridized carbons (Fsp3) is 0.154. The van der Waals surface area contributed by atoms with Crippen molar-refractivity contribution >= 4 is 17.7 Å². The molecule has 2 aromatic rings. The molecule has 0 spiro atoms. The molecule has 1 aromatic heterocycles. The average molecular weight is 303 g/mol. The Morgan fingerprint density at radius 2 is 1.95 bits per heavy atom. The Morgan fingerprint density at radius 1 is 1.23 bits per heavy atom. The van der Waals surface area contributed by atoms with Gasteiger partial charge in [0.25, 0.3) is 11.2 Å². The highest BCUT2D eigenvalue weighted by atomic mass is 16.6. The molecule has 114 valence electrons. The molecule has 0 aliphatic heterocycles. The van der Waals surface area contributed by atoms with Crippen molar-refractivity contribution in [3.05, 3.63) is 66.8 Å². The molecule has 1 heterocycles. The first kappa shape index (κ1) is 15.2. The lowest BCUT2D eigenvalue weighted by molar-refractivity contribution is -0.384. The zero-order chi connectivity index (χ0) is 16.3. The van der Waals surface area contributed by atoms with Crippen molar-refractivity contribution in [2.24, 2.45) is 19.2 Å². The van der Waals surface area contributed by atoms with Gasteiger partial charge in [0, 0.05) is 37.9 Å². The second-order valence-corrected chi connectivity index (χ2v) is 4.49. The fourth-order valence-electron chi connectivity index (χ4n) is 1.73. The third kappa shape index (κ3) is 3.08. The van der Waals surface area contributed by atoms with E-state index < -0.39 is 16.2 Å². The van der Waals surface area contributed by atoms with Crippen LogP contribution in [0.25, 0.3) is 0 Å². The van der Waals surface area contributed by atoms with E-state index in [1.165, 1.54) is 49.1 Å². The highest BCUT2D eigenvalue weighted by Crippen LogP contribution is 2.11. The maximum absolute atomic E-state index is 11.7. The Morgan fingerprint density at radius 3 is 2.64 bits per heavy atom. The van der Waals surface area contributed by atoms with E-state index in [9.17, 15) is 19.7 Å². The maximum atomic E-state index is 11.7. The molecule has 9 heteroatoms. The molecule has 0 saturated carbocycles. The summed E-state index contributed by atoms with van der Waals surface area (Å²) in [6, 6.07) is 7.13. The van der Waals surface area contributed by atoms with Gasteiger partial charge >= 0.3 is 5.69 Å². The Balaban J connectivity index is 2.24. The summed E-state index contributed by atoms with van der Waals surface area (Å²) < 4.78 is 2.20. The van der Waals surface area contributed by atoms with Crippen LogP contribution in [0.2, 0.25) is 0 Å². The summed E-state index contributed by atoms with van der Waals surface area (Å²) in [4.78, 5) is 33.4. The van der Waals surface area contributed by atoms with E-state index >= 15 is 0 Å². The molecule has 0 aliphatic carbocycles. The molecule has 1 aromatic carbocycles. The Bertz CT molecular complexity index is 865. The van der Waals surface area contributed by atoms with Crippen molar-refractivity contribution < 1.29 is 4.92 Å². The van der Waals surface area contributed by atoms with Gasteiger partial charge in [0.15, 0.2) is 0 Å². The summed E-state index contributed by atoms with van der Waals surface area (Å²) in [5.74, 6) is 0.217. The molecule has 0 amide bonds. The van der Waals surface area contributed by atoms with Crippen molar-refractivity contribution in [1.29, 1.82) is 0 Å². The molecule has 0 bridgehead atoms. The number of benzene rings is 1. The van der Waals surface area contributed by atoms with Crippen LogP contribution >= 0.6 is 0 Å². The average Bonchev–Trinajstić information content (AvgIpc) is 2.50. The van der Waals surface area contributed by atoms with E-state index in [1.807, 2.05) is 0 Å². The number of rotatable bonds is 4. The van der Waals surface area contributed by atoms with Crippen LogP contribution in [-0.2, 0) is 14.1 Å². The summed E-state index contributed by atoms with van der Waals surface area (Å²) in [7, 11) is 2.87. The summed E-state index contributed by atoms with van der Waals surface area (Å²) in [5.41, 5.74) is 2.08. The number of nitro benzene ring substituents is 1. The van der Waals surface area contributed by atoms with E-state index in [-0.39, 0.29) is 11.5 Å². The molecular weight excluding hydrogens is 290 g/mol. The summed E-state index contributed by atoms with van der Waals surface area (Å²) >= 11 is 0. The Labute approximate surface area is 124 Å². The molecule has 9 nitrogen and oxygen atoms in total. The van der Waals surface area contributed by atoms with E-state index in [2.05, 4.69) is 10.5 Å². The maximum Gasteiger partial charge on any atom is 0.332 e. The number of anilines is 1. The predicted octanol–water partition coefficient (Wildman–Crippen LogP) is 0.438. The predicted molar refractivity (Wildman–Crippen MR) is 81.2 cm³/mol. The van der Waals surface area contributed by atoms with Crippen molar-refractivity contribution in [1.82, 2.24) is 9.13 Å². The highest BCUT2D eigenvalue weighted by molar-refractivity contribution is 5.81. The van der Waals surface area contributed by atoms with Gasteiger partial charge in [-0.1, -0.05) is 12.1 Å². The minimum Gasteiger partial charge on any atom is -0.281 e. The first-order valence-corrected chi connectivity index (χ1v) is 6.21. The molecule has 0 saturated heterocycles. The van der Waals surface area contributed by atoms with Gasteiger partial charge in [-0.15, -0.1) is 0 Å². The largest absolute Gasteiger partial charge is 0.332 e. The van der Waals surface area contributed by atoms with Crippen LogP contribution in [0, 0.1) is 10.1 Å². The quantitative estimate of drug-likeness (QED) is 0.500. The van der Waals surface area contributed by atoms with Crippen molar-refractivity contribution in [3.8, 4) is 0 Å². The van der Waals surface area contributed by atoms with Gasteiger partial charge in [-0.05, 0) is 0 Å². The van der Waals surface area contributed by atoms with Gasteiger partial charge in [0.2, 0.25) is 0 Å². The second kappa shape index (κ2) is 6.04. The summed E-state index contributed by atoms with van der Waals surface area (Å²) in [6.45, 7) is 0. The van der Waals surface area contributed by atoms with E-state index in [4.69, 9.17) is 0 Å². The lowest BCUT2D eigenvalue weighted by Gasteiger charge is -2.07. The zero-order valence-corrected chi connectivity index (χ0v) is 11.9. The number of hydrogen-bond donors (Lipinski definition) is 1. The standard InChI is InChI=1S/C13H13N5O4/c1-16-11(7-12(19)17(2)13(16)20)15-14-8-9-4-3-5-10(6-9)18(21)22/h3-8,15H,1-2H3/b14-8-. The molecule has 0 unspecified atom stereocenters. The molecule has 22 heavy (non-hydrogen) atoms. The zero-order valence-electron chi connectivity index (χ0n) is 11.9. The van der Waals surface area contributed by atoms with Crippen LogP contribution < -0.4 is 16.7 Å². The van der Waals surface area contributed by atoms with Gasteiger partial charge in [0.1, 0.15) is 5.82 Å². The number of hydrazone groups is 1. The minimum absolute atomic E-state index is 0.0510. The van der Waals surface area contributed by atoms with E-state index in [0.29, 0.717) is 5.56 Å². The normalized spacial score (nSPS) is 10.8. The monoisotopic (exact) mass is 303 g/mol. The number of aromatic nitrogens is 2. The third-order valence-electron chi connectivity index (χ3n) is 3.00. The first-order chi connectivity index (χ1) is 10.4. The van der Waals surface area contributed by atoms with Crippen molar-refractivity contribution in [2.75, 3.05) is 5.43 Å². The van der Waals surface area contributed by atoms with Gasteiger partial charge < -0.3 is 0 Å². The molecule has 0 fully saturated rings. The van der Waals surface area contributed by atoms with Crippen LogP contribution in [0.5, 0.6) is 0 Å². The number of nitrogens with zero attached hydrogens (tertiary/aromatic N) is 4. The number of hydrogen-bond acceptors (Lipinski definition) is 6. The molecule has 0 aliphatic rings. The highest BCUT2D eigenvalue weighted by Gasteiger charge is 2.05. The minimum atomic E-state index is -0.505. The number of nitro groups is 1. The third-order valence-corrected chi connectivity index (χ3v) is 3.00. The van der Waals surface area contributed by atoms with E-state index in [1.54, 1.807) is 6.07 Å². The lowest BCUT2D eigenvalue weighted by Crippen LogP contribution is -2.37. The Kier molecular flexibility index (Phi) is 4.16. The molecular formula is C13H13N5O4. The van der Waals surface area contributed by atoms with Gasteiger partial charge in [-0.2, -0.15) is 5.10 Å². The summed E-state index contributed by atoms with van der Waals surface area (Å²) in [5, 5.41) is 14.5. The molecule has 0 radical (unpaired) electrons. The fourth-order valence-corrected chi connectivity index (χ4v) is 1.73. The SMILES string of the molecule is Cn1c(N/N=C\c2cccc([N+](=O)[O-])c2)cc(=O)n(C)c1=O. The second-order valence-electron chi connectivity index (χ2n) is 4.49. The number of non-ortho nitro benzene ring substituents is 1. The van der Waals surface area contributed by atoms with Crippen molar-refractivity contribution in [3.63, 3.8) is 0 Å². The van der Waals surface area contributed by atoms with Gasteiger partial charge in [0.05, 0.1) is 11.1 Å². The van der Waals surface area contributed by atoms with Crippen molar-refractivity contribution in [2.45, 2.75) is 0 Å². The Hall–Kier alpha value is -3.23. The van der Waals surface area contributed by atoms with Crippen LogP contribution in [0.15, 0.2) is 45.0 Å². The first-order valence-electron chi connectivity index (χ1n) is 6.21. The van der Waals surface area contributed by atoms with E-state index in [0.717, 1.165) is 4.57 Å². The van der Waals surface area contributed by atoms with Crippen LogP contribution in [0.3, 0.4) is 0 Å². The molecule has 1 N–H and O–H groups in total. The number of nitrogens with one attached hydrogen (secondary N) is 1. The summed E-state index contributed by atoms with van der Waals surface area (Å²) in [6.07, 6.45) is 1.36. The topological polar surface area (TPSA) is 112 Å². The van der Waals surface area contributed by atoms with Crippen LogP contribution in [0.4, 0.5) is 11.5 Å². The van der Waals surface area contributed by atoms with Crippen LogP contribution in [-0.4, -0.2) is 20.3 Å². The van der Waals surface area contributed by atoms with Gasteiger partial charge in [-0.3, -0.25) is 29.5 Å². The lowest BCUT2D eigenvalue weighted by atomic mass is 10.2. The smallest absolute Gasteiger partial charge is 0.281 e. The molecule has 0 atom stereocenters.